The van der Waals surface area contributed by atoms with Crippen LogP contribution in [0.1, 0.15) is 18.2 Å². The van der Waals surface area contributed by atoms with E-state index in [9.17, 15) is 9.59 Å². The predicted octanol–water partition coefficient (Wildman–Crippen LogP) is -0.773. The Hall–Kier alpha value is -2.09. The van der Waals surface area contributed by atoms with Gasteiger partial charge >= 0.3 is 12.0 Å². The summed E-state index contributed by atoms with van der Waals surface area (Å²) in [7, 11) is 1.79. The van der Waals surface area contributed by atoms with Gasteiger partial charge in [0.05, 0.1) is 12.3 Å². The number of carbonyl (C=O) groups is 2. The van der Waals surface area contributed by atoms with Crippen LogP contribution < -0.4 is 10.6 Å². The largest absolute Gasteiger partial charge is 0.480 e. The van der Waals surface area contributed by atoms with E-state index in [-0.39, 0.29) is 6.54 Å². The molecule has 0 aromatic carbocycles. The third-order valence-electron chi connectivity index (χ3n) is 2.55. The highest BCUT2D eigenvalue weighted by Crippen LogP contribution is 2.06. The number of aliphatic carboxylic acids is 1. The summed E-state index contributed by atoms with van der Waals surface area (Å²) in [4.78, 5) is 22.1. The number of aliphatic hydroxyl groups excluding tert-OH is 1. The van der Waals surface area contributed by atoms with E-state index in [1.165, 1.54) is 0 Å². The number of amides is 2. The van der Waals surface area contributed by atoms with Gasteiger partial charge in [-0.3, -0.25) is 4.68 Å². The van der Waals surface area contributed by atoms with Gasteiger partial charge in [-0.25, -0.2) is 9.59 Å². The molecular weight excluding hydrogens is 252 g/mol. The number of aryl methyl sites for hydroxylation is 2. The Morgan fingerprint density at radius 3 is 2.74 bits per heavy atom. The Labute approximate surface area is 110 Å². The summed E-state index contributed by atoms with van der Waals surface area (Å²) in [5.74, 6) is -1.28. The summed E-state index contributed by atoms with van der Waals surface area (Å²) in [5.41, 5.74) is 1.75. The summed E-state index contributed by atoms with van der Waals surface area (Å²) in [6.45, 7) is 1.55. The molecule has 19 heavy (non-hydrogen) atoms. The molecule has 0 aliphatic carbocycles. The highest BCUT2D eigenvalue weighted by Gasteiger charge is 2.18. The lowest BCUT2D eigenvalue weighted by atomic mass is 10.2. The summed E-state index contributed by atoms with van der Waals surface area (Å²) < 4.78 is 1.65. The monoisotopic (exact) mass is 270 g/mol. The first-order chi connectivity index (χ1) is 8.97. The van der Waals surface area contributed by atoms with Crippen LogP contribution in [0.15, 0.2) is 6.20 Å². The van der Waals surface area contributed by atoms with Gasteiger partial charge in [-0.2, -0.15) is 5.10 Å². The van der Waals surface area contributed by atoms with E-state index in [1.807, 2.05) is 6.92 Å². The summed E-state index contributed by atoms with van der Waals surface area (Å²) >= 11 is 0. The van der Waals surface area contributed by atoms with Crippen molar-refractivity contribution in [3.8, 4) is 0 Å². The number of carboxylic acid groups (broad SMARTS) is 1. The van der Waals surface area contributed by atoms with E-state index in [1.54, 1.807) is 17.9 Å². The van der Waals surface area contributed by atoms with Gasteiger partial charge in [-0.15, -0.1) is 0 Å². The molecule has 2 amide bonds. The number of hydrogen-bond donors (Lipinski definition) is 4. The average molecular weight is 270 g/mol. The van der Waals surface area contributed by atoms with Gasteiger partial charge in [-0.05, 0) is 6.42 Å². The lowest BCUT2D eigenvalue weighted by molar-refractivity contribution is -0.140. The van der Waals surface area contributed by atoms with Gasteiger partial charge in [0.25, 0.3) is 0 Å². The minimum Gasteiger partial charge on any atom is -0.480 e. The summed E-state index contributed by atoms with van der Waals surface area (Å²) in [6, 6.07) is -1.95. The average Bonchev–Trinajstić information content (AvgIpc) is 2.73. The summed E-state index contributed by atoms with van der Waals surface area (Å²) in [6.07, 6.45) is 2.54. The molecule has 8 heteroatoms. The van der Waals surface area contributed by atoms with Crippen LogP contribution in [0.25, 0.3) is 0 Å². The Morgan fingerprint density at radius 1 is 1.53 bits per heavy atom. The molecule has 1 atom stereocenters. The number of rotatable bonds is 6. The van der Waals surface area contributed by atoms with Crippen LogP contribution >= 0.6 is 0 Å². The van der Waals surface area contributed by atoms with Crippen LogP contribution in [0.5, 0.6) is 0 Å². The minimum absolute atomic E-state index is 0.251. The standard InChI is InChI=1S/C11H18N4O4/c1-3-8-7(5-15(2)14-8)4-12-11(19)13-9(6-16)10(17)18/h5,9,16H,3-4,6H2,1-2H3,(H,17,18)(H2,12,13,19). The molecule has 106 valence electrons. The van der Waals surface area contributed by atoms with E-state index in [4.69, 9.17) is 10.2 Å². The lowest BCUT2D eigenvalue weighted by Gasteiger charge is -2.12. The fraction of sp³-hybridized carbons (Fsp3) is 0.545. The SMILES string of the molecule is CCc1nn(C)cc1CNC(=O)NC(CO)C(=O)O. The molecule has 0 saturated heterocycles. The number of nitrogens with zero attached hydrogens (tertiary/aromatic N) is 2. The Bertz CT molecular complexity index is 458. The van der Waals surface area contributed by atoms with E-state index < -0.39 is 24.6 Å². The molecule has 0 radical (unpaired) electrons. The minimum atomic E-state index is -1.31. The van der Waals surface area contributed by atoms with E-state index in [0.29, 0.717) is 0 Å². The van der Waals surface area contributed by atoms with Crippen molar-refractivity contribution in [1.29, 1.82) is 0 Å². The molecule has 0 saturated carbocycles. The molecule has 0 aliphatic rings. The van der Waals surface area contributed by atoms with Crippen LogP contribution in [0.3, 0.4) is 0 Å². The predicted molar refractivity (Wildman–Crippen MR) is 66.5 cm³/mol. The Balaban J connectivity index is 2.52. The maximum Gasteiger partial charge on any atom is 0.328 e. The van der Waals surface area contributed by atoms with Gasteiger partial charge in [0.1, 0.15) is 0 Å². The van der Waals surface area contributed by atoms with Crippen molar-refractivity contribution in [2.24, 2.45) is 7.05 Å². The van der Waals surface area contributed by atoms with Crippen molar-refractivity contribution >= 4 is 12.0 Å². The molecule has 0 spiro atoms. The maximum atomic E-state index is 11.5. The molecule has 1 unspecified atom stereocenters. The molecule has 1 rings (SSSR count). The second-order valence-corrected chi connectivity index (χ2v) is 4.03. The first-order valence-corrected chi connectivity index (χ1v) is 5.87. The molecular formula is C11H18N4O4. The van der Waals surface area contributed by atoms with Gasteiger partial charge in [-0.1, -0.05) is 6.92 Å². The number of aromatic nitrogens is 2. The van der Waals surface area contributed by atoms with Gasteiger partial charge in [0, 0.05) is 25.4 Å². The smallest absolute Gasteiger partial charge is 0.328 e. The second kappa shape index (κ2) is 6.74. The first kappa shape index (κ1) is 15.0. The number of carboxylic acids is 1. The van der Waals surface area contributed by atoms with Gasteiger partial charge in [0.15, 0.2) is 6.04 Å². The first-order valence-electron chi connectivity index (χ1n) is 5.87. The third-order valence-corrected chi connectivity index (χ3v) is 2.55. The van der Waals surface area contributed by atoms with Crippen LogP contribution in [-0.2, 0) is 24.8 Å². The van der Waals surface area contributed by atoms with Crippen molar-refractivity contribution in [2.45, 2.75) is 25.9 Å². The highest BCUT2D eigenvalue weighted by molar-refractivity contribution is 5.82. The molecule has 0 aliphatic heterocycles. The van der Waals surface area contributed by atoms with E-state index in [0.717, 1.165) is 17.7 Å². The molecule has 1 aromatic rings. The number of carbonyl (C=O) groups excluding carboxylic acids is 1. The quantitative estimate of drug-likeness (QED) is 0.541. The zero-order chi connectivity index (χ0) is 14.4. The molecule has 8 nitrogen and oxygen atoms in total. The normalized spacial score (nSPS) is 11.9. The van der Waals surface area contributed by atoms with E-state index >= 15 is 0 Å². The molecule has 1 heterocycles. The van der Waals surface area contributed by atoms with Crippen molar-refractivity contribution in [1.82, 2.24) is 20.4 Å². The number of aliphatic hydroxyl groups is 1. The van der Waals surface area contributed by atoms with Crippen molar-refractivity contribution in [2.75, 3.05) is 6.61 Å². The van der Waals surface area contributed by atoms with Gasteiger partial charge in [0.2, 0.25) is 0 Å². The van der Waals surface area contributed by atoms with Crippen LogP contribution in [0, 0.1) is 0 Å². The van der Waals surface area contributed by atoms with Crippen molar-refractivity contribution in [3.63, 3.8) is 0 Å². The fourth-order valence-electron chi connectivity index (χ4n) is 1.60. The van der Waals surface area contributed by atoms with E-state index in [2.05, 4.69) is 15.7 Å². The van der Waals surface area contributed by atoms with Crippen molar-refractivity contribution in [3.05, 3.63) is 17.5 Å². The fourth-order valence-corrected chi connectivity index (χ4v) is 1.60. The number of nitrogens with one attached hydrogen (secondary N) is 2. The van der Waals surface area contributed by atoms with Crippen molar-refractivity contribution < 1.29 is 19.8 Å². The second-order valence-electron chi connectivity index (χ2n) is 4.03. The van der Waals surface area contributed by atoms with Gasteiger partial charge < -0.3 is 20.8 Å². The zero-order valence-electron chi connectivity index (χ0n) is 10.9. The van der Waals surface area contributed by atoms with Crippen LogP contribution in [0.4, 0.5) is 4.79 Å². The molecule has 4 N–H and O–H groups in total. The van der Waals surface area contributed by atoms with Crippen LogP contribution in [-0.4, -0.2) is 44.6 Å². The lowest BCUT2D eigenvalue weighted by Crippen LogP contribution is -2.47. The topological polar surface area (TPSA) is 116 Å². The molecule has 0 fully saturated rings. The Morgan fingerprint density at radius 2 is 2.21 bits per heavy atom. The Kier molecular flexibility index (Phi) is 5.31. The van der Waals surface area contributed by atoms with Crippen LogP contribution in [0.2, 0.25) is 0 Å². The summed E-state index contributed by atoms with van der Waals surface area (Å²) in [5, 5.41) is 26.4. The molecule has 0 bridgehead atoms. The number of hydrogen-bond acceptors (Lipinski definition) is 4. The third kappa shape index (κ3) is 4.25. The maximum absolute atomic E-state index is 11.5. The molecule has 1 aromatic heterocycles. The zero-order valence-corrected chi connectivity index (χ0v) is 10.9. The highest BCUT2D eigenvalue weighted by atomic mass is 16.4. The number of urea groups is 1.